The summed E-state index contributed by atoms with van der Waals surface area (Å²) in [5.74, 6) is 0. The average Bonchev–Trinajstić information content (AvgIpc) is 3.41. The van der Waals surface area contributed by atoms with Crippen LogP contribution in [0.15, 0.2) is 13.2 Å². The summed E-state index contributed by atoms with van der Waals surface area (Å²) in [7, 11) is 0. The maximum absolute atomic E-state index is 3.54. The highest BCUT2D eigenvalue weighted by Gasteiger charge is 1.62. The standard InChI is InChI=1S/16C4H8.C2H4/c16*1-3-4-2;1-2/h16*1-4H2;1-2H2. The van der Waals surface area contributed by atoms with E-state index in [-0.39, 0.29) is 0 Å². The lowest BCUT2D eigenvalue weighted by Crippen LogP contribution is -1.49. The van der Waals surface area contributed by atoms with Gasteiger partial charge in [-0.2, -0.15) is 0 Å². The van der Waals surface area contributed by atoms with E-state index in [9.17, 15) is 0 Å². The summed E-state index contributed by atoms with van der Waals surface area (Å²) in [4.78, 5) is 0. The van der Waals surface area contributed by atoms with E-state index in [1.54, 1.807) is 0 Å². The zero-order valence-corrected chi connectivity index (χ0v) is 46.7. The maximum Gasteiger partial charge on any atom is -0.0533 e. The molecule has 396 valence electrons. The quantitative estimate of drug-likeness (QED) is 0.135. The van der Waals surface area contributed by atoms with Gasteiger partial charge in [0.25, 0.3) is 0 Å². The lowest BCUT2D eigenvalue weighted by Gasteiger charge is -1.67. The lowest BCUT2D eigenvalue weighted by molar-refractivity contribution is 1.05. The molecule has 0 aromatic rings. The summed E-state index contributed by atoms with van der Waals surface area (Å²) >= 11 is 0. The first-order chi connectivity index (χ1) is 31.6. The van der Waals surface area contributed by atoms with Crippen LogP contribution in [0.3, 0.4) is 0 Å². The molecular formula is C66H132. The fourth-order valence-electron chi connectivity index (χ4n) is 0. The Hall–Kier alpha value is -0.260. The summed E-state index contributed by atoms with van der Waals surface area (Å²) in [6.07, 6.45) is 30.7. The Labute approximate surface area is 438 Å². The van der Waals surface area contributed by atoms with E-state index in [1.807, 2.05) is 0 Å². The van der Waals surface area contributed by atoms with Gasteiger partial charge >= 0.3 is 0 Å². The Morgan fingerprint density at radius 1 is 0.0758 bits per heavy atom. The molecule has 0 heteroatoms. The normalized spacial score (nSPS) is 7.33. The molecule has 0 N–H and O–H groups in total. The molecule has 0 rings (SSSR count). The van der Waals surface area contributed by atoms with Crippen LogP contribution in [0.4, 0.5) is 0 Å². The minimum absolute atomic E-state index is 0.958. The number of hydrogen-bond donors (Lipinski definition) is 0. The minimum Gasteiger partial charge on any atom is -0.106 e. The fraction of sp³-hybridized carbons (Fsp3) is 0.485. The smallest absolute Gasteiger partial charge is 0.0533 e. The Balaban J connectivity index is -0.0000000258. The van der Waals surface area contributed by atoms with Crippen molar-refractivity contribution in [1.82, 2.24) is 0 Å². The highest BCUT2D eigenvalue weighted by atomic mass is 13.7. The molecule has 0 bridgehead atoms. The van der Waals surface area contributed by atoms with E-state index in [0.29, 0.717) is 0 Å². The van der Waals surface area contributed by atoms with Gasteiger partial charge in [0.1, 0.15) is 0 Å². The van der Waals surface area contributed by atoms with Gasteiger partial charge in [0.05, 0.1) is 0 Å². The van der Waals surface area contributed by atoms with Crippen LogP contribution in [-0.2, 0) is 0 Å². The third kappa shape index (κ3) is 1010. The molecule has 0 heterocycles. The van der Waals surface area contributed by atoms with E-state index in [0.717, 1.165) is 205 Å². The third-order valence-corrected chi connectivity index (χ3v) is 4.00. The molecule has 0 saturated heterocycles. The summed E-state index contributed by atoms with van der Waals surface area (Å²) in [5, 5.41) is 0. The number of rotatable bonds is 16. The Morgan fingerprint density at radius 2 is 0.0909 bits per heavy atom. The Morgan fingerprint density at radius 3 is 0.0909 bits per heavy atom. The molecule has 0 aromatic heterocycles. The molecule has 0 amide bonds. The molecule has 0 unspecified atom stereocenters. The molecule has 0 atom stereocenters. The van der Waals surface area contributed by atoms with Gasteiger partial charge in [0, 0.05) is 0 Å². The second kappa shape index (κ2) is 261. The van der Waals surface area contributed by atoms with Crippen molar-refractivity contribution in [2.75, 3.05) is 0 Å². The van der Waals surface area contributed by atoms with Crippen molar-refractivity contribution in [1.29, 1.82) is 0 Å². The van der Waals surface area contributed by atoms with Crippen LogP contribution < -0.4 is 0 Å². The van der Waals surface area contributed by atoms with Gasteiger partial charge < -0.3 is 0 Å². The van der Waals surface area contributed by atoms with E-state index >= 15 is 0 Å². The van der Waals surface area contributed by atoms with Gasteiger partial charge in [-0.3, -0.25) is 0 Å². The van der Waals surface area contributed by atoms with Crippen LogP contribution in [0, 0.1) is 222 Å². The topological polar surface area (TPSA) is 0 Å². The molecule has 0 saturated carbocycles. The molecule has 0 nitrogen and oxygen atoms in total. The van der Waals surface area contributed by atoms with Crippen LogP contribution >= 0.6 is 0 Å². The zero-order chi connectivity index (χ0) is 56.6. The molecule has 0 spiro atoms. The van der Waals surface area contributed by atoms with E-state index in [2.05, 4.69) is 235 Å². The molecule has 0 aliphatic carbocycles. The monoisotopic (exact) mass is 925 g/mol. The first-order valence-corrected chi connectivity index (χ1v) is 24.5. The molecule has 0 fully saturated rings. The van der Waals surface area contributed by atoms with E-state index < -0.39 is 0 Å². The van der Waals surface area contributed by atoms with Crippen molar-refractivity contribution in [3.63, 3.8) is 0 Å². The molecule has 0 aromatic carbocycles. The Bertz CT molecular complexity index is 173. The van der Waals surface area contributed by atoms with Crippen molar-refractivity contribution in [2.45, 2.75) is 205 Å². The van der Waals surface area contributed by atoms with Gasteiger partial charge in [-0.25, -0.2) is 0 Å². The number of unbranched alkanes of at least 4 members (excludes halogenated alkanes) is 16. The molecular weight excluding hydrogens is 793 g/mol. The summed E-state index contributed by atoms with van der Waals surface area (Å²) < 4.78 is 0. The van der Waals surface area contributed by atoms with Crippen molar-refractivity contribution >= 4 is 0 Å². The molecule has 0 aliphatic rings. The minimum atomic E-state index is 0.958. The highest BCUT2D eigenvalue weighted by Crippen LogP contribution is 1.80. The predicted octanol–water partition coefficient (Wildman–Crippen LogP) is 23.8. The molecule has 0 aliphatic heterocycles. The molecule has 66 heavy (non-hydrogen) atoms. The first-order valence-electron chi connectivity index (χ1n) is 24.5. The first kappa shape index (κ1) is 116. The summed E-state index contributed by atoms with van der Waals surface area (Å²) in [5.41, 5.74) is 0. The zero-order valence-electron chi connectivity index (χ0n) is 46.7. The second-order valence-corrected chi connectivity index (χ2v) is 11.3. The highest BCUT2D eigenvalue weighted by molar-refractivity contribution is 4.44. The van der Waals surface area contributed by atoms with Crippen molar-refractivity contribution < 1.29 is 0 Å². The van der Waals surface area contributed by atoms with Crippen LogP contribution in [0.2, 0.25) is 0 Å². The summed E-state index contributed by atoms with van der Waals surface area (Å²) in [6, 6.07) is 0. The predicted molar refractivity (Wildman–Crippen MR) is 330 cm³/mol. The van der Waals surface area contributed by atoms with Gasteiger partial charge in [-0.05, 0) is 0 Å². The van der Waals surface area contributed by atoms with E-state index in [1.165, 1.54) is 0 Å². The van der Waals surface area contributed by atoms with Crippen LogP contribution in [0.5, 0.6) is 0 Å². The van der Waals surface area contributed by atoms with Gasteiger partial charge in [-0.15, -0.1) is 13.2 Å². The summed E-state index contributed by atoms with van der Waals surface area (Å²) in [6.45, 7) is 119. The van der Waals surface area contributed by atoms with Gasteiger partial charge in [-0.1, -0.05) is 427 Å². The largest absolute Gasteiger partial charge is 0.106 e. The van der Waals surface area contributed by atoms with Crippen LogP contribution in [-0.4, -0.2) is 0 Å². The maximum atomic E-state index is 3.54. The number of hydrogen-bond acceptors (Lipinski definition) is 0. The average molecular weight is 926 g/mol. The molecule has 32 radical (unpaired) electrons. The van der Waals surface area contributed by atoms with Crippen molar-refractivity contribution in [2.24, 2.45) is 0 Å². The van der Waals surface area contributed by atoms with Gasteiger partial charge in [0.2, 0.25) is 0 Å². The van der Waals surface area contributed by atoms with Crippen molar-refractivity contribution in [3.8, 4) is 0 Å². The van der Waals surface area contributed by atoms with Crippen molar-refractivity contribution in [3.05, 3.63) is 235 Å². The Kier molecular flexibility index (Phi) is 459. The van der Waals surface area contributed by atoms with Crippen LogP contribution in [0.25, 0.3) is 0 Å². The fourth-order valence-corrected chi connectivity index (χ4v) is 0. The van der Waals surface area contributed by atoms with Crippen LogP contribution in [0.1, 0.15) is 205 Å². The second-order valence-electron chi connectivity index (χ2n) is 11.3. The lowest BCUT2D eigenvalue weighted by atomic mass is 10.4. The van der Waals surface area contributed by atoms with Gasteiger partial charge in [0.15, 0.2) is 0 Å². The SMILES string of the molecule is C=C.[CH2]CC[CH2].[CH2]CC[CH2].[CH2]CC[CH2].[CH2]CC[CH2].[CH2]CC[CH2].[CH2]CC[CH2].[CH2]CC[CH2].[CH2]CC[CH2].[CH2]CC[CH2].[CH2]CC[CH2].[CH2]CC[CH2].[CH2]CC[CH2].[CH2]CC[CH2].[CH2]CC[CH2].[CH2]CC[CH2].[CH2]CC[CH2]. The van der Waals surface area contributed by atoms with E-state index in [4.69, 9.17) is 0 Å². The third-order valence-electron chi connectivity index (χ3n) is 4.00.